The van der Waals surface area contributed by atoms with E-state index in [0.717, 1.165) is 25.2 Å². The summed E-state index contributed by atoms with van der Waals surface area (Å²) < 4.78 is 5.18. The van der Waals surface area contributed by atoms with Crippen LogP contribution < -0.4 is 4.90 Å². The third kappa shape index (κ3) is 2.55. The van der Waals surface area contributed by atoms with Crippen LogP contribution in [-0.2, 0) is 4.74 Å². The van der Waals surface area contributed by atoms with Gasteiger partial charge in [0.15, 0.2) is 0 Å². The van der Waals surface area contributed by atoms with Crippen molar-refractivity contribution in [2.24, 2.45) is 0 Å². The minimum absolute atomic E-state index is 0.219. The van der Waals surface area contributed by atoms with Crippen LogP contribution in [0.1, 0.15) is 23.2 Å². The van der Waals surface area contributed by atoms with Crippen LogP contribution in [0.5, 0.6) is 0 Å². The van der Waals surface area contributed by atoms with Gasteiger partial charge in [-0.25, -0.2) is 9.78 Å². The number of hydrogen-bond acceptors (Lipinski definition) is 4. The van der Waals surface area contributed by atoms with Crippen molar-refractivity contribution >= 4 is 11.8 Å². The summed E-state index contributed by atoms with van der Waals surface area (Å²) in [6.07, 6.45) is 3.62. The second-order valence-electron chi connectivity index (χ2n) is 4.16. The van der Waals surface area contributed by atoms with Gasteiger partial charge in [-0.1, -0.05) is 0 Å². The van der Waals surface area contributed by atoms with E-state index in [4.69, 9.17) is 9.84 Å². The van der Waals surface area contributed by atoms with Crippen molar-refractivity contribution in [1.29, 1.82) is 0 Å². The number of rotatable bonds is 4. The maximum absolute atomic E-state index is 10.7. The van der Waals surface area contributed by atoms with E-state index in [0.29, 0.717) is 12.6 Å². The Balaban J connectivity index is 2.13. The lowest BCUT2D eigenvalue weighted by Crippen LogP contribution is -2.33. The Labute approximate surface area is 100 Å². The molecule has 17 heavy (non-hydrogen) atoms. The molecule has 0 spiro atoms. The van der Waals surface area contributed by atoms with E-state index in [1.807, 2.05) is 0 Å². The molecule has 1 aliphatic heterocycles. The lowest BCUT2D eigenvalue weighted by Gasteiger charge is -2.25. The van der Waals surface area contributed by atoms with Gasteiger partial charge in [-0.05, 0) is 25.0 Å². The third-order valence-corrected chi connectivity index (χ3v) is 3.03. The van der Waals surface area contributed by atoms with Crippen LogP contribution in [0.3, 0.4) is 0 Å². The summed E-state index contributed by atoms with van der Waals surface area (Å²) in [5, 5.41) is 8.80. The van der Waals surface area contributed by atoms with Crippen LogP contribution in [0.2, 0.25) is 0 Å². The molecule has 1 aromatic rings. The molecule has 1 N–H and O–H groups in total. The zero-order chi connectivity index (χ0) is 12.3. The van der Waals surface area contributed by atoms with Gasteiger partial charge in [-0.3, -0.25) is 0 Å². The quantitative estimate of drug-likeness (QED) is 0.856. The Hall–Kier alpha value is -1.62. The summed E-state index contributed by atoms with van der Waals surface area (Å²) >= 11 is 0. The number of carboxylic acids is 1. The predicted molar refractivity (Wildman–Crippen MR) is 63.4 cm³/mol. The molecule has 0 unspecified atom stereocenters. The molecule has 0 aromatic carbocycles. The molecule has 2 rings (SSSR count). The van der Waals surface area contributed by atoms with Crippen molar-refractivity contribution in [2.75, 3.05) is 25.2 Å². The van der Waals surface area contributed by atoms with Gasteiger partial charge in [-0.2, -0.15) is 0 Å². The van der Waals surface area contributed by atoms with Crippen LogP contribution in [0, 0.1) is 0 Å². The standard InChI is InChI=1S/C12H16N2O3/c1-17-8-10-3-2-6-14(10)11-5-4-9(7-13-11)12(15)16/h4-5,7,10H,2-3,6,8H2,1H3,(H,15,16)/t10-/m0/s1. The Morgan fingerprint density at radius 2 is 2.47 bits per heavy atom. The van der Waals surface area contributed by atoms with Gasteiger partial charge in [0, 0.05) is 19.9 Å². The van der Waals surface area contributed by atoms with Crippen molar-refractivity contribution in [3.63, 3.8) is 0 Å². The molecule has 1 saturated heterocycles. The topological polar surface area (TPSA) is 62.7 Å². The summed E-state index contributed by atoms with van der Waals surface area (Å²) in [5.74, 6) is -0.117. The van der Waals surface area contributed by atoms with Gasteiger partial charge in [0.2, 0.25) is 0 Å². The summed E-state index contributed by atoms with van der Waals surface area (Å²) in [7, 11) is 1.69. The molecule has 5 heteroatoms. The minimum Gasteiger partial charge on any atom is -0.478 e. The molecule has 1 aliphatic rings. The van der Waals surface area contributed by atoms with Crippen LogP contribution in [-0.4, -0.2) is 42.4 Å². The first kappa shape index (κ1) is 11.9. The SMILES string of the molecule is COC[C@@H]1CCCN1c1ccc(C(=O)O)cn1. The number of pyridine rings is 1. The van der Waals surface area contributed by atoms with E-state index < -0.39 is 5.97 Å². The molecular formula is C12H16N2O3. The van der Waals surface area contributed by atoms with E-state index >= 15 is 0 Å². The Kier molecular flexibility index (Phi) is 3.58. The van der Waals surface area contributed by atoms with Gasteiger partial charge in [0.05, 0.1) is 18.2 Å². The first-order chi connectivity index (χ1) is 8.22. The van der Waals surface area contributed by atoms with Crippen molar-refractivity contribution in [3.05, 3.63) is 23.9 Å². The normalized spacial score (nSPS) is 19.6. The zero-order valence-electron chi connectivity index (χ0n) is 9.80. The first-order valence-corrected chi connectivity index (χ1v) is 5.67. The molecule has 0 saturated carbocycles. The summed E-state index contributed by atoms with van der Waals surface area (Å²) in [6.45, 7) is 1.63. The maximum Gasteiger partial charge on any atom is 0.337 e. The average Bonchev–Trinajstić information content (AvgIpc) is 2.78. The molecule has 1 fully saturated rings. The third-order valence-electron chi connectivity index (χ3n) is 3.03. The highest BCUT2D eigenvalue weighted by molar-refractivity contribution is 5.87. The molecule has 0 bridgehead atoms. The highest BCUT2D eigenvalue weighted by Gasteiger charge is 2.25. The number of ether oxygens (including phenoxy) is 1. The Morgan fingerprint density at radius 3 is 3.06 bits per heavy atom. The monoisotopic (exact) mass is 236 g/mol. The van der Waals surface area contributed by atoms with Crippen molar-refractivity contribution in [1.82, 2.24) is 4.98 Å². The van der Waals surface area contributed by atoms with Crippen molar-refractivity contribution < 1.29 is 14.6 Å². The number of carbonyl (C=O) groups is 1. The first-order valence-electron chi connectivity index (χ1n) is 5.67. The van der Waals surface area contributed by atoms with Gasteiger partial charge in [-0.15, -0.1) is 0 Å². The predicted octanol–water partition coefficient (Wildman–Crippen LogP) is 1.40. The Morgan fingerprint density at radius 1 is 1.65 bits per heavy atom. The summed E-state index contributed by atoms with van der Waals surface area (Å²) in [6, 6.07) is 3.70. The van der Waals surface area contributed by atoms with Crippen molar-refractivity contribution in [2.45, 2.75) is 18.9 Å². The number of nitrogens with zero attached hydrogens (tertiary/aromatic N) is 2. The number of anilines is 1. The minimum atomic E-state index is -0.945. The molecule has 2 heterocycles. The van der Waals surface area contributed by atoms with Crippen LogP contribution >= 0.6 is 0 Å². The molecular weight excluding hydrogens is 220 g/mol. The number of hydrogen-bond donors (Lipinski definition) is 1. The van der Waals surface area contributed by atoms with Crippen molar-refractivity contribution in [3.8, 4) is 0 Å². The highest BCUT2D eigenvalue weighted by atomic mass is 16.5. The largest absolute Gasteiger partial charge is 0.478 e. The van der Waals surface area contributed by atoms with E-state index in [2.05, 4.69) is 9.88 Å². The molecule has 92 valence electrons. The van der Waals surface area contributed by atoms with Crippen LogP contribution in [0.25, 0.3) is 0 Å². The lowest BCUT2D eigenvalue weighted by molar-refractivity contribution is 0.0696. The lowest BCUT2D eigenvalue weighted by atomic mass is 10.2. The molecule has 5 nitrogen and oxygen atoms in total. The summed E-state index contributed by atoms with van der Waals surface area (Å²) in [5.41, 5.74) is 0.219. The zero-order valence-corrected chi connectivity index (χ0v) is 9.80. The number of aromatic carboxylic acids is 1. The van der Waals surface area contributed by atoms with Crippen LogP contribution in [0.15, 0.2) is 18.3 Å². The molecule has 0 amide bonds. The number of carboxylic acid groups (broad SMARTS) is 1. The van der Waals surface area contributed by atoms with E-state index in [9.17, 15) is 4.79 Å². The Bertz CT molecular complexity index is 391. The smallest absolute Gasteiger partial charge is 0.337 e. The van der Waals surface area contributed by atoms with E-state index in [-0.39, 0.29) is 5.56 Å². The maximum atomic E-state index is 10.7. The molecule has 0 aliphatic carbocycles. The average molecular weight is 236 g/mol. The van der Waals surface area contributed by atoms with Crippen LogP contribution in [0.4, 0.5) is 5.82 Å². The fourth-order valence-electron chi connectivity index (χ4n) is 2.19. The van der Waals surface area contributed by atoms with Gasteiger partial charge in [0.1, 0.15) is 5.82 Å². The fourth-order valence-corrected chi connectivity index (χ4v) is 2.19. The van der Waals surface area contributed by atoms with E-state index in [1.54, 1.807) is 19.2 Å². The van der Waals surface area contributed by atoms with Gasteiger partial charge >= 0.3 is 5.97 Å². The second kappa shape index (κ2) is 5.14. The van der Waals surface area contributed by atoms with E-state index in [1.165, 1.54) is 6.20 Å². The fraction of sp³-hybridized carbons (Fsp3) is 0.500. The number of methoxy groups -OCH3 is 1. The second-order valence-corrected chi connectivity index (χ2v) is 4.16. The molecule has 1 aromatic heterocycles. The molecule has 0 radical (unpaired) electrons. The highest BCUT2D eigenvalue weighted by Crippen LogP contribution is 2.23. The molecule has 1 atom stereocenters. The van der Waals surface area contributed by atoms with Gasteiger partial charge < -0.3 is 14.7 Å². The van der Waals surface area contributed by atoms with Gasteiger partial charge in [0.25, 0.3) is 0 Å². The number of aromatic nitrogens is 1. The summed E-state index contributed by atoms with van der Waals surface area (Å²) in [4.78, 5) is 17.1.